The molecule has 1 aromatic rings. The van der Waals surface area contributed by atoms with Crippen molar-refractivity contribution in [1.82, 2.24) is 10.6 Å². The zero-order valence-corrected chi connectivity index (χ0v) is 11.4. The molecule has 2 atom stereocenters. The van der Waals surface area contributed by atoms with Gasteiger partial charge >= 0.3 is 0 Å². The van der Waals surface area contributed by atoms with Crippen molar-refractivity contribution in [3.05, 3.63) is 30.3 Å². The van der Waals surface area contributed by atoms with Crippen molar-refractivity contribution in [2.75, 3.05) is 19.7 Å². The number of ether oxygens (including phenoxy) is 1. The molecule has 1 amide bonds. The van der Waals surface area contributed by atoms with Gasteiger partial charge in [-0.1, -0.05) is 18.2 Å². The molecule has 0 bridgehead atoms. The molecular formula is C15H22N2O2. The first-order chi connectivity index (χ1) is 9.25. The molecule has 2 N–H and O–H groups in total. The normalized spacial score (nSPS) is 22.8. The third kappa shape index (κ3) is 4.56. The van der Waals surface area contributed by atoms with Crippen molar-refractivity contribution >= 4 is 5.91 Å². The van der Waals surface area contributed by atoms with Gasteiger partial charge in [0.2, 0.25) is 5.91 Å². The Balaban J connectivity index is 1.64. The molecule has 2 unspecified atom stereocenters. The van der Waals surface area contributed by atoms with Crippen molar-refractivity contribution in [2.45, 2.75) is 25.8 Å². The maximum Gasteiger partial charge on any atom is 0.223 e. The van der Waals surface area contributed by atoms with Gasteiger partial charge in [-0.25, -0.2) is 0 Å². The number of piperidine rings is 1. The number of hydrogen-bond acceptors (Lipinski definition) is 3. The first kappa shape index (κ1) is 13.9. The lowest BCUT2D eigenvalue weighted by Gasteiger charge is -2.27. The zero-order chi connectivity index (χ0) is 13.5. The summed E-state index contributed by atoms with van der Waals surface area (Å²) in [5.74, 6) is 1.14. The van der Waals surface area contributed by atoms with Crippen LogP contribution in [0.5, 0.6) is 5.75 Å². The van der Waals surface area contributed by atoms with Crippen LogP contribution in [0.1, 0.15) is 19.8 Å². The molecule has 4 nitrogen and oxygen atoms in total. The van der Waals surface area contributed by atoms with Crippen LogP contribution < -0.4 is 15.4 Å². The summed E-state index contributed by atoms with van der Waals surface area (Å²) in [7, 11) is 0. The van der Waals surface area contributed by atoms with Crippen LogP contribution in [-0.2, 0) is 4.79 Å². The number of para-hydroxylation sites is 1. The van der Waals surface area contributed by atoms with E-state index in [1.807, 2.05) is 30.3 Å². The maximum absolute atomic E-state index is 12.0. The number of amides is 1. The average Bonchev–Trinajstić information content (AvgIpc) is 2.44. The van der Waals surface area contributed by atoms with Crippen molar-refractivity contribution in [3.8, 4) is 5.75 Å². The predicted octanol–water partition coefficient (Wildman–Crippen LogP) is 1.57. The Morgan fingerprint density at radius 3 is 2.95 bits per heavy atom. The van der Waals surface area contributed by atoms with Crippen molar-refractivity contribution < 1.29 is 9.53 Å². The molecule has 0 aliphatic carbocycles. The van der Waals surface area contributed by atoms with Gasteiger partial charge in [-0.15, -0.1) is 0 Å². The largest absolute Gasteiger partial charge is 0.492 e. The Labute approximate surface area is 114 Å². The number of carbonyl (C=O) groups excluding carboxylic acids is 1. The summed E-state index contributed by atoms with van der Waals surface area (Å²) < 4.78 is 5.54. The van der Waals surface area contributed by atoms with E-state index in [4.69, 9.17) is 4.74 Å². The number of hydrogen-bond donors (Lipinski definition) is 2. The van der Waals surface area contributed by atoms with Gasteiger partial charge < -0.3 is 15.4 Å². The number of nitrogens with one attached hydrogen (secondary N) is 2. The quantitative estimate of drug-likeness (QED) is 0.792. The van der Waals surface area contributed by atoms with Crippen molar-refractivity contribution in [1.29, 1.82) is 0 Å². The van der Waals surface area contributed by atoms with Crippen LogP contribution in [0.15, 0.2) is 30.3 Å². The highest BCUT2D eigenvalue weighted by Crippen LogP contribution is 2.15. The minimum Gasteiger partial charge on any atom is -0.492 e. The summed E-state index contributed by atoms with van der Waals surface area (Å²) in [6.45, 7) is 4.13. The SMILES string of the molecule is CC1CC(C(=O)NCCOc2ccccc2)CCN1. The highest BCUT2D eigenvalue weighted by atomic mass is 16.5. The molecule has 1 aliphatic rings. The standard InChI is InChI=1S/C15H22N2O2/c1-12-11-13(7-8-16-12)15(18)17-9-10-19-14-5-3-2-4-6-14/h2-6,12-13,16H,7-11H2,1H3,(H,17,18). The van der Waals surface area contributed by atoms with E-state index in [0.717, 1.165) is 25.1 Å². The van der Waals surface area contributed by atoms with E-state index in [1.54, 1.807) is 0 Å². The van der Waals surface area contributed by atoms with Crippen molar-refractivity contribution in [2.24, 2.45) is 5.92 Å². The minimum absolute atomic E-state index is 0.146. The fourth-order valence-corrected chi connectivity index (χ4v) is 2.37. The average molecular weight is 262 g/mol. The molecule has 4 heteroatoms. The Bertz CT molecular complexity index is 394. The molecule has 1 heterocycles. The minimum atomic E-state index is 0.146. The van der Waals surface area contributed by atoms with Crippen LogP contribution in [0, 0.1) is 5.92 Å². The second kappa shape index (κ2) is 7.14. The lowest BCUT2D eigenvalue weighted by Crippen LogP contribution is -2.43. The first-order valence-electron chi connectivity index (χ1n) is 6.94. The van der Waals surface area contributed by atoms with Gasteiger partial charge in [-0.05, 0) is 38.4 Å². The third-order valence-corrected chi connectivity index (χ3v) is 3.41. The van der Waals surface area contributed by atoms with E-state index in [-0.39, 0.29) is 11.8 Å². The van der Waals surface area contributed by atoms with Crippen LogP contribution in [0.25, 0.3) is 0 Å². The molecule has 0 spiro atoms. The predicted molar refractivity (Wildman–Crippen MR) is 75.1 cm³/mol. The summed E-state index contributed by atoms with van der Waals surface area (Å²) in [5.41, 5.74) is 0. The summed E-state index contributed by atoms with van der Waals surface area (Å²) in [4.78, 5) is 12.0. The van der Waals surface area contributed by atoms with E-state index < -0.39 is 0 Å². The highest BCUT2D eigenvalue weighted by molar-refractivity contribution is 5.78. The maximum atomic E-state index is 12.0. The molecule has 1 aromatic carbocycles. The Morgan fingerprint density at radius 1 is 1.42 bits per heavy atom. The van der Waals surface area contributed by atoms with Crippen LogP contribution in [0.4, 0.5) is 0 Å². The number of rotatable bonds is 5. The van der Waals surface area contributed by atoms with Crippen LogP contribution in [0.3, 0.4) is 0 Å². The van der Waals surface area contributed by atoms with Crippen molar-refractivity contribution in [3.63, 3.8) is 0 Å². The molecule has 1 fully saturated rings. The lowest BCUT2D eigenvalue weighted by atomic mass is 9.92. The Hall–Kier alpha value is -1.55. The molecule has 0 aromatic heterocycles. The monoisotopic (exact) mass is 262 g/mol. The zero-order valence-electron chi connectivity index (χ0n) is 11.4. The molecule has 2 rings (SSSR count). The molecule has 0 saturated carbocycles. The molecular weight excluding hydrogens is 240 g/mol. The fourth-order valence-electron chi connectivity index (χ4n) is 2.37. The van der Waals surface area contributed by atoms with Gasteiger partial charge in [0.15, 0.2) is 0 Å². The lowest BCUT2D eigenvalue weighted by molar-refractivity contribution is -0.126. The van der Waals surface area contributed by atoms with Gasteiger partial charge in [0.25, 0.3) is 0 Å². The number of carbonyl (C=O) groups is 1. The second-order valence-corrected chi connectivity index (χ2v) is 5.03. The van der Waals surface area contributed by atoms with E-state index in [9.17, 15) is 4.79 Å². The van der Waals surface area contributed by atoms with Gasteiger partial charge in [0.1, 0.15) is 12.4 Å². The van der Waals surface area contributed by atoms with Gasteiger partial charge in [-0.2, -0.15) is 0 Å². The van der Waals surface area contributed by atoms with Gasteiger partial charge in [-0.3, -0.25) is 4.79 Å². The third-order valence-electron chi connectivity index (χ3n) is 3.41. The Kier molecular flexibility index (Phi) is 5.21. The second-order valence-electron chi connectivity index (χ2n) is 5.03. The first-order valence-corrected chi connectivity index (χ1v) is 6.94. The number of benzene rings is 1. The van der Waals surface area contributed by atoms with Crippen LogP contribution >= 0.6 is 0 Å². The molecule has 19 heavy (non-hydrogen) atoms. The molecule has 104 valence electrons. The van der Waals surface area contributed by atoms with Gasteiger partial charge in [0, 0.05) is 12.0 Å². The fraction of sp³-hybridized carbons (Fsp3) is 0.533. The Morgan fingerprint density at radius 2 is 2.21 bits per heavy atom. The van der Waals surface area contributed by atoms with E-state index in [0.29, 0.717) is 19.2 Å². The van der Waals surface area contributed by atoms with Crippen LogP contribution in [-0.4, -0.2) is 31.6 Å². The highest BCUT2D eigenvalue weighted by Gasteiger charge is 2.24. The molecule has 1 saturated heterocycles. The van der Waals surface area contributed by atoms with Gasteiger partial charge in [0.05, 0.1) is 6.54 Å². The van der Waals surface area contributed by atoms with E-state index in [2.05, 4.69) is 17.6 Å². The van der Waals surface area contributed by atoms with E-state index >= 15 is 0 Å². The van der Waals surface area contributed by atoms with E-state index in [1.165, 1.54) is 0 Å². The summed E-state index contributed by atoms with van der Waals surface area (Å²) >= 11 is 0. The molecule has 1 aliphatic heterocycles. The molecule has 0 radical (unpaired) electrons. The summed E-state index contributed by atoms with van der Waals surface area (Å²) in [5, 5.41) is 6.30. The summed E-state index contributed by atoms with van der Waals surface area (Å²) in [6, 6.07) is 10.1. The topological polar surface area (TPSA) is 50.4 Å². The smallest absolute Gasteiger partial charge is 0.223 e. The summed E-state index contributed by atoms with van der Waals surface area (Å²) in [6.07, 6.45) is 1.85. The van der Waals surface area contributed by atoms with Crippen LogP contribution in [0.2, 0.25) is 0 Å².